The van der Waals surface area contributed by atoms with Crippen molar-refractivity contribution >= 4 is 0 Å². The fraction of sp³-hybridized carbons (Fsp3) is 0.143. The third kappa shape index (κ3) is 3.04. The average Bonchev–Trinajstić information content (AvgIpc) is 3.05. The minimum absolute atomic E-state index is 0. The third-order valence-corrected chi connectivity index (χ3v) is 6.04. The van der Waals surface area contributed by atoms with Gasteiger partial charge in [0.05, 0.1) is 0 Å². The molecule has 0 radical (unpaired) electrons. The fourth-order valence-corrected chi connectivity index (χ4v) is 5.02. The SMILES string of the molecule is CC(C)=C1C=CC(C2c3ccccc3-c3ccccc32)=[C]1[Zr+2].[Br-].[Br-]. The molecule has 0 amide bonds. The minimum atomic E-state index is 0. The first kappa shape index (κ1) is 19.8. The van der Waals surface area contributed by atoms with E-state index in [9.17, 15) is 0 Å². The van der Waals surface area contributed by atoms with Crippen LogP contribution < -0.4 is 34.0 Å². The van der Waals surface area contributed by atoms with Gasteiger partial charge in [0, 0.05) is 0 Å². The Morgan fingerprint density at radius 1 is 0.792 bits per heavy atom. The summed E-state index contributed by atoms with van der Waals surface area (Å²) in [5.41, 5.74) is 10.1. The molecular formula is C21H17Br2Zr. The summed E-state index contributed by atoms with van der Waals surface area (Å²) in [6, 6.07) is 17.8. The van der Waals surface area contributed by atoms with Gasteiger partial charge in [-0.2, -0.15) is 0 Å². The monoisotopic (exact) mass is 517 g/mol. The molecule has 2 aromatic rings. The topological polar surface area (TPSA) is 0 Å². The molecule has 4 rings (SSSR count). The summed E-state index contributed by atoms with van der Waals surface area (Å²) >= 11 is 1.51. The van der Waals surface area contributed by atoms with Crippen molar-refractivity contribution in [1.82, 2.24) is 0 Å². The summed E-state index contributed by atoms with van der Waals surface area (Å²) in [7, 11) is 0. The Labute approximate surface area is 180 Å². The van der Waals surface area contributed by atoms with Crippen LogP contribution in [0.15, 0.2) is 80.7 Å². The van der Waals surface area contributed by atoms with Crippen LogP contribution in [0.25, 0.3) is 11.1 Å². The number of hydrogen-bond donors (Lipinski definition) is 0. The molecule has 2 aliphatic rings. The van der Waals surface area contributed by atoms with E-state index in [0.29, 0.717) is 5.92 Å². The van der Waals surface area contributed by atoms with Crippen LogP contribution in [0.2, 0.25) is 0 Å². The Hall–Kier alpha value is -0.497. The van der Waals surface area contributed by atoms with Gasteiger partial charge in [-0.3, -0.25) is 0 Å². The quantitative estimate of drug-likeness (QED) is 0.477. The molecule has 2 aliphatic carbocycles. The summed E-state index contributed by atoms with van der Waals surface area (Å²) in [6.45, 7) is 4.42. The van der Waals surface area contributed by atoms with E-state index < -0.39 is 0 Å². The Bertz CT molecular complexity index is 825. The van der Waals surface area contributed by atoms with E-state index in [1.807, 2.05) is 0 Å². The Morgan fingerprint density at radius 3 is 1.75 bits per heavy atom. The van der Waals surface area contributed by atoms with Crippen LogP contribution in [-0.2, 0) is 24.7 Å². The van der Waals surface area contributed by atoms with Crippen molar-refractivity contribution < 1.29 is 58.7 Å². The number of fused-ring (bicyclic) bond motifs is 3. The Kier molecular flexibility index (Phi) is 6.45. The Balaban J connectivity index is 0.00000104. The molecule has 0 spiro atoms. The maximum absolute atomic E-state index is 2.34. The molecule has 0 atom stereocenters. The van der Waals surface area contributed by atoms with Crippen LogP contribution in [0.3, 0.4) is 0 Å². The molecular weight excluding hydrogens is 503 g/mol. The molecule has 3 heteroatoms. The zero-order valence-electron chi connectivity index (χ0n) is 13.6. The third-order valence-electron chi connectivity index (χ3n) is 4.67. The van der Waals surface area contributed by atoms with Gasteiger partial charge in [0.15, 0.2) is 0 Å². The molecule has 24 heavy (non-hydrogen) atoms. The summed E-state index contributed by atoms with van der Waals surface area (Å²) in [5, 5.41) is 0. The van der Waals surface area contributed by atoms with Crippen molar-refractivity contribution in [2.24, 2.45) is 0 Å². The minimum Gasteiger partial charge on any atom is -1.00 e. The van der Waals surface area contributed by atoms with Crippen LogP contribution in [0.4, 0.5) is 0 Å². The van der Waals surface area contributed by atoms with Crippen molar-refractivity contribution in [1.29, 1.82) is 0 Å². The summed E-state index contributed by atoms with van der Waals surface area (Å²) in [6.07, 6.45) is 4.65. The van der Waals surface area contributed by atoms with Gasteiger partial charge in [0.25, 0.3) is 0 Å². The number of benzene rings is 2. The maximum Gasteiger partial charge on any atom is -1.00 e. The van der Waals surface area contributed by atoms with Crippen LogP contribution >= 0.6 is 0 Å². The zero-order chi connectivity index (χ0) is 15.3. The fourth-order valence-electron chi connectivity index (χ4n) is 3.64. The average molecular weight is 520 g/mol. The van der Waals surface area contributed by atoms with Gasteiger partial charge in [-0.1, -0.05) is 0 Å². The maximum atomic E-state index is 2.34. The van der Waals surface area contributed by atoms with E-state index in [1.165, 1.54) is 67.0 Å². The van der Waals surface area contributed by atoms with Crippen molar-refractivity contribution in [3.8, 4) is 11.1 Å². The van der Waals surface area contributed by atoms with Gasteiger partial charge in [0.1, 0.15) is 0 Å². The zero-order valence-corrected chi connectivity index (χ0v) is 19.2. The normalized spacial score (nSPS) is 14.9. The smallest absolute Gasteiger partial charge is 1.00 e. The van der Waals surface area contributed by atoms with Gasteiger partial charge in [-0.15, -0.1) is 0 Å². The molecule has 0 fully saturated rings. The molecule has 0 saturated heterocycles. The number of halogens is 2. The summed E-state index contributed by atoms with van der Waals surface area (Å²) in [4.78, 5) is 0. The molecule has 0 saturated carbocycles. The molecule has 0 N–H and O–H groups in total. The number of rotatable bonds is 1. The largest absolute Gasteiger partial charge is 1.00 e. The van der Waals surface area contributed by atoms with Gasteiger partial charge >= 0.3 is 147 Å². The van der Waals surface area contributed by atoms with Crippen LogP contribution in [0.5, 0.6) is 0 Å². The second kappa shape index (κ2) is 7.81. The second-order valence-electron chi connectivity index (χ2n) is 6.18. The summed E-state index contributed by atoms with van der Waals surface area (Å²) in [5.74, 6) is 0.398. The van der Waals surface area contributed by atoms with Crippen LogP contribution in [0.1, 0.15) is 30.9 Å². The first-order valence-corrected chi connectivity index (χ1v) is 8.91. The molecule has 0 aromatic heterocycles. The molecule has 2 aromatic carbocycles. The molecule has 0 aliphatic heterocycles. The first-order chi connectivity index (χ1) is 10.7. The van der Waals surface area contributed by atoms with Gasteiger partial charge < -0.3 is 34.0 Å². The van der Waals surface area contributed by atoms with E-state index in [-0.39, 0.29) is 34.0 Å². The molecule has 0 bridgehead atoms. The van der Waals surface area contributed by atoms with E-state index in [2.05, 4.69) is 74.5 Å². The van der Waals surface area contributed by atoms with Gasteiger partial charge in [0.2, 0.25) is 0 Å². The molecule has 0 unspecified atom stereocenters. The standard InChI is InChI=1S/C21H17.2BrH.Zr/c1-14(2)15-11-12-16(13-15)21-19-9-5-3-7-17(19)18-8-4-6-10-20(18)21;;;/h3-12,21H,1-2H3;2*1H;/q;;;+2/p-2. The number of allylic oxidation sites excluding steroid dienone is 6. The van der Waals surface area contributed by atoms with Crippen LogP contribution in [0, 0.1) is 0 Å². The predicted octanol–water partition coefficient (Wildman–Crippen LogP) is -0.486. The number of hydrogen-bond acceptors (Lipinski definition) is 0. The van der Waals surface area contributed by atoms with Crippen molar-refractivity contribution in [2.75, 3.05) is 0 Å². The second-order valence-corrected chi connectivity index (χ2v) is 7.41. The predicted molar refractivity (Wildman–Crippen MR) is 88.3 cm³/mol. The van der Waals surface area contributed by atoms with Crippen molar-refractivity contribution in [3.63, 3.8) is 0 Å². The summed E-state index contributed by atoms with van der Waals surface area (Å²) < 4.78 is 1.52. The van der Waals surface area contributed by atoms with Crippen molar-refractivity contribution in [3.05, 3.63) is 91.8 Å². The van der Waals surface area contributed by atoms with E-state index in [4.69, 9.17) is 0 Å². The van der Waals surface area contributed by atoms with E-state index in [0.717, 1.165) is 0 Å². The van der Waals surface area contributed by atoms with Crippen LogP contribution in [-0.4, -0.2) is 0 Å². The van der Waals surface area contributed by atoms with E-state index >= 15 is 0 Å². The Morgan fingerprint density at radius 2 is 1.29 bits per heavy atom. The van der Waals surface area contributed by atoms with Gasteiger partial charge in [-0.05, 0) is 0 Å². The van der Waals surface area contributed by atoms with Gasteiger partial charge in [-0.25, -0.2) is 0 Å². The van der Waals surface area contributed by atoms with Crippen molar-refractivity contribution in [2.45, 2.75) is 19.8 Å². The first-order valence-electron chi connectivity index (χ1n) is 7.68. The molecule has 0 nitrogen and oxygen atoms in total. The molecule has 0 heterocycles. The molecule has 119 valence electrons. The van der Waals surface area contributed by atoms with E-state index in [1.54, 1.807) is 0 Å².